The Hall–Kier alpha value is -1.08. The van der Waals surface area contributed by atoms with Crippen molar-refractivity contribution in [3.05, 3.63) is 20.8 Å². The van der Waals surface area contributed by atoms with Gasteiger partial charge in [-0.2, -0.15) is 0 Å². The number of hydrogen-bond donors (Lipinski definition) is 1. The summed E-state index contributed by atoms with van der Waals surface area (Å²) in [4.78, 5) is 26.9. The molecule has 0 atom stereocenters. The number of thiophene rings is 1. The van der Waals surface area contributed by atoms with Gasteiger partial charge in [-0.25, -0.2) is 4.79 Å². The van der Waals surface area contributed by atoms with Crippen molar-refractivity contribution in [1.29, 1.82) is 0 Å². The number of urea groups is 1. The Morgan fingerprint density at radius 1 is 1.47 bits per heavy atom. The van der Waals surface area contributed by atoms with E-state index in [0.717, 1.165) is 9.35 Å². The first-order valence-electron chi connectivity index (χ1n) is 5.77. The molecule has 5 nitrogen and oxygen atoms in total. The fraction of sp³-hybridized carbons (Fsp3) is 0.500. The Kier molecular flexibility index (Phi) is 5.81. The Morgan fingerprint density at radius 3 is 2.53 bits per heavy atom. The molecule has 0 aromatic carbocycles. The number of aliphatic carboxylic acids is 1. The molecular weight excluding hydrogens is 332 g/mol. The zero-order valence-electron chi connectivity index (χ0n) is 11.1. The minimum atomic E-state index is -1.01. The summed E-state index contributed by atoms with van der Waals surface area (Å²) in [5, 5.41) is 10.8. The highest BCUT2D eigenvalue weighted by atomic mass is 79.9. The first-order valence-corrected chi connectivity index (χ1v) is 7.45. The van der Waals surface area contributed by atoms with Crippen molar-refractivity contribution >= 4 is 39.3 Å². The number of rotatable bonds is 5. The van der Waals surface area contributed by atoms with Crippen LogP contribution >= 0.6 is 27.3 Å². The number of halogens is 1. The van der Waals surface area contributed by atoms with Crippen LogP contribution in [0.15, 0.2) is 15.9 Å². The van der Waals surface area contributed by atoms with E-state index in [-0.39, 0.29) is 18.6 Å². The third-order valence-electron chi connectivity index (χ3n) is 2.52. The SMILES string of the molecule is CC(C)N(CC(=O)O)C(=O)N(C)Cc1cc(Br)cs1. The second-order valence-corrected chi connectivity index (χ2v) is 6.40. The van der Waals surface area contributed by atoms with E-state index in [2.05, 4.69) is 15.9 Å². The fourth-order valence-corrected chi connectivity index (χ4v) is 3.08. The van der Waals surface area contributed by atoms with Gasteiger partial charge in [0.1, 0.15) is 6.54 Å². The fourth-order valence-electron chi connectivity index (χ4n) is 1.57. The van der Waals surface area contributed by atoms with Crippen LogP contribution in [0.1, 0.15) is 18.7 Å². The molecule has 0 bridgehead atoms. The average Bonchev–Trinajstić information content (AvgIpc) is 2.70. The molecule has 1 aromatic heterocycles. The summed E-state index contributed by atoms with van der Waals surface area (Å²) in [5.41, 5.74) is 0. The molecule has 0 unspecified atom stereocenters. The van der Waals surface area contributed by atoms with E-state index < -0.39 is 5.97 Å². The molecule has 1 N–H and O–H groups in total. The molecule has 0 spiro atoms. The lowest BCUT2D eigenvalue weighted by Gasteiger charge is -2.29. The van der Waals surface area contributed by atoms with Gasteiger partial charge in [-0.1, -0.05) is 0 Å². The van der Waals surface area contributed by atoms with Crippen LogP contribution in [0.25, 0.3) is 0 Å². The normalized spacial score (nSPS) is 10.6. The lowest BCUT2D eigenvalue weighted by atomic mass is 10.3. The first kappa shape index (κ1) is 16.0. The van der Waals surface area contributed by atoms with E-state index in [1.807, 2.05) is 11.4 Å². The van der Waals surface area contributed by atoms with Crippen LogP contribution in [0.5, 0.6) is 0 Å². The molecule has 0 radical (unpaired) electrons. The van der Waals surface area contributed by atoms with Gasteiger partial charge in [0.15, 0.2) is 0 Å². The molecule has 19 heavy (non-hydrogen) atoms. The van der Waals surface area contributed by atoms with Crippen LogP contribution in [-0.4, -0.2) is 46.5 Å². The molecule has 0 saturated carbocycles. The van der Waals surface area contributed by atoms with Gasteiger partial charge in [0, 0.05) is 27.8 Å². The van der Waals surface area contributed by atoms with Gasteiger partial charge in [0.25, 0.3) is 0 Å². The van der Waals surface area contributed by atoms with Gasteiger partial charge in [0.05, 0.1) is 6.54 Å². The van der Waals surface area contributed by atoms with Crippen molar-refractivity contribution in [1.82, 2.24) is 9.80 Å². The first-order chi connectivity index (χ1) is 8.81. The maximum absolute atomic E-state index is 12.2. The zero-order chi connectivity index (χ0) is 14.6. The van der Waals surface area contributed by atoms with Gasteiger partial charge in [0.2, 0.25) is 0 Å². The second kappa shape index (κ2) is 6.91. The highest BCUT2D eigenvalue weighted by Crippen LogP contribution is 2.21. The molecule has 0 aliphatic rings. The highest BCUT2D eigenvalue weighted by molar-refractivity contribution is 9.10. The molecule has 106 valence electrons. The number of carboxylic acid groups (broad SMARTS) is 1. The molecule has 1 heterocycles. The van der Waals surface area contributed by atoms with E-state index in [9.17, 15) is 9.59 Å². The molecular formula is C12H17BrN2O3S. The molecule has 2 amide bonds. The second-order valence-electron chi connectivity index (χ2n) is 4.49. The van der Waals surface area contributed by atoms with E-state index in [1.54, 1.807) is 32.2 Å². The van der Waals surface area contributed by atoms with Crippen LogP contribution in [0.2, 0.25) is 0 Å². The largest absolute Gasteiger partial charge is 0.480 e. The van der Waals surface area contributed by atoms with Crippen LogP contribution in [-0.2, 0) is 11.3 Å². The van der Waals surface area contributed by atoms with E-state index >= 15 is 0 Å². The van der Waals surface area contributed by atoms with Crippen LogP contribution in [0, 0.1) is 0 Å². The summed E-state index contributed by atoms with van der Waals surface area (Å²) in [6.45, 7) is 3.79. The average molecular weight is 349 g/mol. The summed E-state index contributed by atoms with van der Waals surface area (Å²) >= 11 is 4.92. The molecule has 0 fully saturated rings. The monoisotopic (exact) mass is 348 g/mol. The third kappa shape index (κ3) is 4.83. The predicted octanol–water partition coefficient (Wildman–Crippen LogP) is 2.86. The Labute approximate surface area is 124 Å². The lowest BCUT2D eigenvalue weighted by molar-refractivity contribution is -0.138. The Morgan fingerprint density at radius 2 is 2.11 bits per heavy atom. The Balaban J connectivity index is 2.70. The van der Waals surface area contributed by atoms with Crippen molar-refractivity contribution in [3.63, 3.8) is 0 Å². The standard InChI is InChI=1S/C12H17BrN2O3S/c1-8(2)15(6-11(16)17)12(18)14(3)5-10-4-9(13)7-19-10/h4,7-8H,5-6H2,1-3H3,(H,16,17). The summed E-state index contributed by atoms with van der Waals surface area (Å²) in [6.07, 6.45) is 0. The number of amides is 2. The minimum absolute atomic E-state index is 0.152. The number of nitrogens with zero attached hydrogens (tertiary/aromatic N) is 2. The minimum Gasteiger partial charge on any atom is -0.480 e. The van der Waals surface area contributed by atoms with E-state index in [0.29, 0.717) is 6.54 Å². The Bertz CT molecular complexity index is 462. The topological polar surface area (TPSA) is 60.9 Å². The molecule has 1 rings (SSSR count). The summed E-state index contributed by atoms with van der Waals surface area (Å²) in [5.74, 6) is -1.01. The quantitative estimate of drug-likeness (QED) is 0.889. The maximum atomic E-state index is 12.2. The van der Waals surface area contributed by atoms with Crippen LogP contribution in [0.4, 0.5) is 4.79 Å². The molecule has 0 aliphatic heterocycles. The van der Waals surface area contributed by atoms with E-state index in [4.69, 9.17) is 5.11 Å². The van der Waals surface area contributed by atoms with Gasteiger partial charge in [-0.05, 0) is 35.8 Å². The molecule has 1 aromatic rings. The van der Waals surface area contributed by atoms with Gasteiger partial charge < -0.3 is 14.9 Å². The number of carboxylic acids is 1. The number of carbonyl (C=O) groups excluding carboxylic acids is 1. The highest BCUT2D eigenvalue weighted by Gasteiger charge is 2.23. The summed E-state index contributed by atoms with van der Waals surface area (Å²) < 4.78 is 0.986. The van der Waals surface area contributed by atoms with Gasteiger partial charge in [-0.15, -0.1) is 11.3 Å². The van der Waals surface area contributed by atoms with Gasteiger partial charge >= 0.3 is 12.0 Å². The lowest BCUT2D eigenvalue weighted by Crippen LogP contribution is -2.46. The van der Waals surface area contributed by atoms with Gasteiger partial charge in [-0.3, -0.25) is 4.79 Å². The van der Waals surface area contributed by atoms with Crippen molar-refractivity contribution in [3.8, 4) is 0 Å². The van der Waals surface area contributed by atoms with Crippen molar-refractivity contribution in [2.24, 2.45) is 0 Å². The smallest absolute Gasteiger partial charge is 0.323 e. The van der Waals surface area contributed by atoms with Crippen molar-refractivity contribution in [2.75, 3.05) is 13.6 Å². The maximum Gasteiger partial charge on any atom is 0.323 e. The summed E-state index contributed by atoms with van der Waals surface area (Å²) in [6, 6.07) is 1.52. The third-order valence-corrected chi connectivity index (χ3v) is 4.20. The molecule has 7 heteroatoms. The number of carbonyl (C=O) groups is 2. The van der Waals surface area contributed by atoms with E-state index in [1.165, 1.54) is 9.80 Å². The zero-order valence-corrected chi connectivity index (χ0v) is 13.5. The molecule has 0 aliphatic carbocycles. The van der Waals surface area contributed by atoms with Crippen LogP contribution < -0.4 is 0 Å². The summed E-state index contributed by atoms with van der Waals surface area (Å²) in [7, 11) is 1.67. The number of hydrogen-bond acceptors (Lipinski definition) is 3. The molecule has 0 saturated heterocycles. The predicted molar refractivity (Wildman–Crippen MR) is 78.4 cm³/mol. The van der Waals surface area contributed by atoms with Crippen molar-refractivity contribution in [2.45, 2.75) is 26.4 Å². The van der Waals surface area contributed by atoms with Crippen LogP contribution in [0.3, 0.4) is 0 Å². The van der Waals surface area contributed by atoms with Crippen molar-refractivity contribution < 1.29 is 14.7 Å².